The number of ether oxygens (including phenoxy) is 6. The van der Waals surface area contributed by atoms with E-state index >= 15 is 0 Å². The van der Waals surface area contributed by atoms with Crippen molar-refractivity contribution in [2.75, 3.05) is 0 Å². The smallest absolute Gasteiger partial charge is 0.391 e. The standard InChI is InChI=1S/2C22H14F2I6O8S.C15H13F2I3O6S.C11H7F2I3O6S/c23-22(24,39(34,35)36)19(31)8-1-9(20(32)37-17-13(27)4-11(25)5-14(17)28)3-10(2-8)21(33)38-18-15(29)6-12(26)7-16(18)30;23-22(24,39(34,35)36)19(31)11-2-1-8(20(32)37-17-13(27)4-9(25)5-14(17)28)3-12(11)21(33)38-18-15(29)6-10(26)7-16(18)30;16-15(17,27(23,24)25)13(21)7-1-3-8(4-2-7)14(22)26-12-10(19)5-9(18)6-11(12)20;12-11(13,23(19,20)21)8(17)1-2-9(18)22-10-6(15)3-5(14)4-7(10)16/h4-10H,1-3H2,(H,34,35,36);4-8,11-12H,1-3H2,(H,34,35,36);5-8H,1-4H2,(H,23,24,25);3-4H,1-2H2,(H,19,20,21)/p-4. The molecule has 0 aliphatic heterocycles. The quantitative estimate of drug-likeness (QED) is 0.0169. The first kappa shape index (κ1) is 120. The van der Waals surface area contributed by atoms with Gasteiger partial charge in [0.15, 0.2) is 75.0 Å². The number of carbonyl (C=O) groups is 10. The molecule has 3 aliphatic rings. The van der Waals surface area contributed by atoms with Crippen molar-refractivity contribution in [1.82, 2.24) is 0 Å². The number of rotatable bonds is 25. The van der Waals surface area contributed by atoms with Crippen molar-refractivity contribution in [3.05, 3.63) is 137 Å². The van der Waals surface area contributed by atoms with Crippen LogP contribution in [0.1, 0.15) is 77.0 Å². The van der Waals surface area contributed by atoms with Gasteiger partial charge in [0.1, 0.15) is 0 Å². The fourth-order valence-corrected chi connectivity index (χ4v) is 36.3. The summed E-state index contributed by atoms with van der Waals surface area (Å²) in [5.41, 5.74) is 0. The zero-order chi connectivity index (χ0) is 97.5. The lowest BCUT2D eigenvalue weighted by Crippen LogP contribution is -2.48. The van der Waals surface area contributed by atoms with E-state index in [9.17, 15) is 135 Å². The molecule has 0 spiro atoms. The van der Waals surface area contributed by atoms with Gasteiger partial charge in [-0.2, -0.15) is 35.1 Å². The van der Waals surface area contributed by atoms with E-state index in [1.807, 2.05) is 283 Å². The third kappa shape index (κ3) is 32.5. The van der Waals surface area contributed by atoms with E-state index in [-0.39, 0.29) is 61.5 Å². The number of hydrogen-bond donors (Lipinski definition) is 0. The van der Waals surface area contributed by atoms with Crippen molar-refractivity contribution >= 4 is 506 Å². The zero-order valence-corrected chi connectivity index (χ0v) is 104. The summed E-state index contributed by atoms with van der Waals surface area (Å²) in [6.07, 6.45) is -4.17. The summed E-state index contributed by atoms with van der Waals surface area (Å²) in [4.78, 5) is 125. The summed E-state index contributed by atoms with van der Waals surface area (Å²) in [5, 5.41) is -20.5. The van der Waals surface area contributed by atoms with Crippen LogP contribution in [0.15, 0.2) is 72.8 Å². The summed E-state index contributed by atoms with van der Waals surface area (Å²) >= 11 is 36.2. The van der Waals surface area contributed by atoms with Gasteiger partial charge < -0.3 is 46.6 Å². The molecule has 6 aromatic rings. The topological polar surface area (TPSA) is 455 Å². The molecule has 3 saturated carbocycles. The molecule has 128 heavy (non-hydrogen) atoms. The van der Waals surface area contributed by atoms with Crippen molar-refractivity contribution in [3.8, 4) is 34.5 Å². The van der Waals surface area contributed by atoms with Crippen molar-refractivity contribution in [3.63, 3.8) is 0 Å². The first-order valence-corrected chi connectivity index (χ1v) is 59.3. The van der Waals surface area contributed by atoms with Crippen LogP contribution >= 0.6 is 407 Å². The summed E-state index contributed by atoms with van der Waals surface area (Å²) < 4.78 is 285. The molecule has 0 radical (unpaired) electrons. The average molecular weight is 3900 g/mol. The van der Waals surface area contributed by atoms with Crippen LogP contribution in [-0.2, 0) is 88.4 Å². The third-order valence-corrected chi connectivity index (χ3v) is 34.7. The van der Waals surface area contributed by atoms with Crippen molar-refractivity contribution in [2.24, 2.45) is 47.3 Å². The minimum Gasteiger partial charge on any atom is -0.743 e. The van der Waals surface area contributed by atoms with Gasteiger partial charge in [0.25, 0.3) is 0 Å². The van der Waals surface area contributed by atoms with E-state index in [4.69, 9.17) is 28.4 Å². The van der Waals surface area contributed by atoms with E-state index in [1.165, 1.54) is 0 Å². The molecule has 0 amide bonds. The Morgan fingerprint density at radius 3 is 0.766 bits per heavy atom. The minimum atomic E-state index is -6.34. The Hall–Kier alpha value is 3.04. The van der Waals surface area contributed by atoms with Crippen molar-refractivity contribution in [2.45, 2.75) is 98.1 Å². The molecule has 9 rings (SSSR count). The Labute approximate surface area is 968 Å². The van der Waals surface area contributed by atoms with E-state index in [2.05, 4.69) is 136 Å². The largest absolute Gasteiger partial charge is 0.743 e. The average Bonchev–Trinajstić information content (AvgIpc) is 0.780. The van der Waals surface area contributed by atoms with Gasteiger partial charge in [-0.1, -0.05) is 0 Å². The Bertz CT molecular complexity index is 5690. The van der Waals surface area contributed by atoms with Crippen LogP contribution in [0, 0.1) is 112 Å². The molecule has 6 aromatic carbocycles. The molecule has 0 saturated heterocycles. The molecule has 0 N–H and O–H groups in total. The maximum atomic E-state index is 14.3. The lowest BCUT2D eigenvalue weighted by molar-refractivity contribution is -0.155. The Morgan fingerprint density at radius 2 is 0.484 bits per heavy atom. The number of benzene rings is 6. The Kier molecular flexibility index (Phi) is 47.3. The predicted octanol–water partition coefficient (Wildman–Crippen LogP) is 19.9. The summed E-state index contributed by atoms with van der Waals surface area (Å²) in [7, 11) is -24.8. The van der Waals surface area contributed by atoms with Crippen LogP contribution < -0.4 is 28.4 Å². The lowest BCUT2D eigenvalue weighted by atomic mass is 9.72. The van der Waals surface area contributed by atoms with Gasteiger partial charge in [-0.05, 0) is 544 Å². The number of alkyl halides is 8. The van der Waals surface area contributed by atoms with Gasteiger partial charge in [0.05, 0.1) is 78.9 Å². The highest BCUT2D eigenvalue weighted by atomic mass is 127. The van der Waals surface area contributed by atoms with Gasteiger partial charge >= 0.3 is 56.8 Å². The Morgan fingerprint density at radius 1 is 0.266 bits per heavy atom. The fraction of sp³-hybridized carbons (Fsp3) is 0.343. The van der Waals surface area contributed by atoms with Crippen LogP contribution in [-0.4, -0.2) is 132 Å². The molecule has 5 atom stereocenters. The summed E-state index contributed by atoms with van der Waals surface area (Å²) in [6.45, 7) is 0. The van der Waals surface area contributed by atoms with Gasteiger partial charge in [0.2, 0.25) is 23.1 Å². The van der Waals surface area contributed by atoms with Gasteiger partial charge in [-0.3, -0.25) is 47.9 Å². The highest BCUT2D eigenvalue weighted by molar-refractivity contribution is 14.1. The SMILES string of the molecule is O=C(CCC(=O)C(F)(F)S(=O)(=O)[O-])Oc1c(I)cc(I)cc1I.O=C(Oc1c(I)cc(I)cc1I)C1CC(C(=O)Oc2c(I)cc(I)cc2I)CC(C(=O)C(F)(F)S(=O)(=O)[O-])C1.O=C(Oc1c(I)cc(I)cc1I)C1CCC(C(=O)C(F)(F)S(=O)(=O)[O-])C(C(=O)Oc2c(I)cc(I)cc2I)C1.O=C(Oc1c(I)cc(I)cc1I)C1CCC(C(=O)C(F)(F)S(=O)(=O)[O-])CC1. The predicted molar refractivity (Wildman–Crippen MR) is 583 cm³/mol. The minimum absolute atomic E-state index is 0.0990. The molecule has 0 bridgehead atoms. The molecule has 5 unspecified atom stereocenters. The first-order chi connectivity index (χ1) is 58.5. The van der Waals surface area contributed by atoms with E-state index in [1.54, 1.807) is 60.7 Å². The molecular weight excluding hydrogens is 3850 g/mol. The highest BCUT2D eigenvalue weighted by Gasteiger charge is 2.57. The van der Waals surface area contributed by atoms with Crippen LogP contribution in [0.3, 0.4) is 0 Å². The first-order valence-electron chi connectivity index (χ1n) is 34.2. The molecule has 58 heteroatoms. The highest BCUT2D eigenvalue weighted by Crippen LogP contribution is 2.47. The summed E-state index contributed by atoms with van der Waals surface area (Å²) in [5.74, 6) is -22.6. The maximum Gasteiger partial charge on any atom is 0.391 e. The van der Waals surface area contributed by atoms with Gasteiger partial charge in [0, 0.05) is 45.6 Å². The van der Waals surface area contributed by atoms with E-state index < -0.39 is 206 Å². The third-order valence-electron chi connectivity index (χ3n) is 18.0. The van der Waals surface area contributed by atoms with E-state index in [0.717, 1.165) is 28.6 Å². The number of halogens is 26. The summed E-state index contributed by atoms with van der Waals surface area (Å²) in [6, 6.07) is 21.1. The Balaban J connectivity index is 0.000000269. The number of ketones is 4. The van der Waals surface area contributed by atoms with Crippen LogP contribution in [0.5, 0.6) is 34.5 Å². The van der Waals surface area contributed by atoms with Crippen molar-refractivity contribution in [1.29, 1.82) is 0 Å². The second-order valence-corrected chi connectivity index (χ2v) is 53.8. The fourth-order valence-electron chi connectivity index (χ4n) is 11.9. The molecule has 0 aromatic heterocycles. The number of hydrogen-bond acceptors (Lipinski definition) is 28. The number of esters is 6. The zero-order valence-electron chi connectivity index (χ0n) is 61.9. The molecule has 3 fully saturated rings. The second kappa shape index (κ2) is 50.5. The molecule has 3 aliphatic carbocycles. The molecule has 702 valence electrons. The van der Waals surface area contributed by atoms with Crippen LogP contribution in [0.2, 0.25) is 0 Å². The van der Waals surface area contributed by atoms with Crippen LogP contribution in [0.25, 0.3) is 0 Å². The number of Topliss-reactive ketones (excluding diaryl/α,β-unsaturated/α-hetero) is 4. The van der Waals surface area contributed by atoms with Crippen molar-refractivity contribution < 1.29 is 163 Å². The maximum absolute atomic E-state index is 14.3. The van der Waals surface area contributed by atoms with Crippen LogP contribution in [0.4, 0.5) is 35.1 Å². The van der Waals surface area contributed by atoms with E-state index in [0.29, 0.717) is 47.2 Å². The van der Waals surface area contributed by atoms with Gasteiger partial charge in [-0.15, -0.1) is 0 Å². The lowest BCUT2D eigenvalue weighted by Gasteiger charge is -2.34. The molecular formula is C70H44F8I18O28S4-4. The second-order valence-electron chi connectivity index (χ2n) is 26.7. The normalized spacial score (nSPS) is 18.7. The molecule has 0 heterocycles. The van der Waals surface area contributed by atoms with Gasteiger partial charge in [-0.25, -0.2) is 33.7 Å². The number of carbonyl (C=O) groups excluding carboxylic acids is 10. The monoisotopic (exact) mass is 3900 g/mol. The molecule has 28 nitrogen and oxygen atoms in total.